The van der Waals surface area contributed by atoms with Crippen LogP contribution in [0.3, 0.4) is 0 Å². The van der Waals surface area contributed by atoms with Crippen molar-refractivity contribution in [1.82, 2.24) is 4.98 Å². The summed E-state index contributed by atoms with van der Waals surface area (Å²) in [4.78, 5) is 4.76. The maximum atomic E-state index is 8.09. The Morgan fingerprint density at radius 1 is 1.10 bits per heavy atom. The van der Waals surface area contributed by atoms with Crippen LogP contribution >= 0.6 is 0 Å². The Bertz CT molecular complexity index is 1360. The quantitative estimate of drug-likeness (QED) is 0.351. The Labute approximate surface area is 184 Å². The highest BCUT2D eigenvalue weighted by Gasteiger charge is 2.24. The number of pyridine rings is 2. The molecule has 30 heavy (non-hydrogen) atoms. The maximum absolute atomic E-state index is 8.09. The van der Waals surface area contributed by atoms with Gasteiger partial charge in [0.05, 0.1) is 5.56 Å². The normalized spacial score (nSPS) is 14.3. The smallest absolute Gasteiger partial charge is 0.227 e. The largest absolute Gasteiger partial charge is 0.437 e. The zero-order valence-corrected chi connectivity index (χ0v) is 19.1. The second-order valence-electron chi connectivity index (χ2n) is 9.93. The van der Waals surface area contributed by atoms with Crippen molar-refractivity contribution in [3.8, 4) is 11.3 Å². The summed E-state index contributed by atoms with van der Waals surface area (Å²) in [6.07, 6.45) is 2.43. The molecule has 0 bridgehead atoms. The Morgan fingerprint density at radius 2 is 1.83 bits per heavy atom. The molecule has 0 fully saturated rings. The van der Waals surface area contributed by atoms with Gasteiger partial charge in [-0.2, -0.15) is 0 Å². The summed E-state index contributed by atoms with van der Waals surface area (Å²) in [5, 5.41) is 2.01. The van der Waals surface area contributed by atoms with Crippen molar-refractivity contribution in [2.75, 3.05) is 0 Å². The van der Waals surface area contributed by atoms with Gasteiger partial charge in [-0.3, -0.25) is 0 Å². The van der Waals surface area contributed by atoms with Crippen LogP contribution < -0.4 is 4.57 Å². The minimum atomic E-state index is -2.17. The van der Waals surface area contributed by atoms with E-state index >= 15 is 0 Å². The van der Waals surface area contributed by atoms with Crippen molar-refractivity contribution in [1.29, 1.82) is 0 Å². The van der Waals surface area contributed by atoms with Gasteiger partial charge in [-0.25, -0.2) is 9.55 Å². The van der Waals surface area contributed by atoms with Crippen LogP contribution in [0.2, 0.25) is 0 Å². The predicted octanol–water partition coefficient (Wildman–Crippen LogP) is 6.80. The van der Waals surface area contributed by atoms with Crippen molar-refractivity contribution < 1.29 is 13.1 Å². The molecule has 3 heteroatoms. The fraction of sp³-hybridized carbons (Fsp3) is 0.407. The first kappa shape index (κ1) is 17.0. The molecule has 0 aliphatic heterocycles. The number of benzene rings is 1. The first-order valence-electron chi connectivity index (χ1n) is 12.1. The number of aryl methyl sites for hydroxylation is 3. The van der Waals surface area contributed by atoms with E-state index in [9.17, 15) is 0 Å². The highest BCUT2D eigenvalue weighted by atomic mass is 16.3. The zero-order chi connectivity index (χ0) is 24.3. The van der Waals surface area contributed by atoms with E-state index in [-0.39, 0.29) is 5.41 Å². The van der Waals surface area contributed by atoms with Crippen LogP contribution in [0, 0.1) is 19.2 Å². The number of fused-ring (bicyclic) bond motifs is 3. The molecule has 0 saturated carbocycles. The molecule has 0 radical (unpaired) electrons. The van der Waals surface area contributed by atoms with E-state index < -0.39 is 6.85 Å². The molecule has 0 saturated heterocycles. The number of hydrogen-bond donors (Lipinski definition) is 0. The molecule has 4 rings (SSSR count). The summed E-state index contributed by atoms with van der Waals surface area (Å²) in [7, 11) is 1.90. The van der Waals surface area contributed by atoms with Gasteiger partial charge in [0.25, 0.3) is 0 Å². The SMILES string of the molecule is [2H]C([2H])([2H])c1c[n+](C)c(-c2c(C)ccc3c2oc2nc(C(C)C)ccc23)cc1CC(C)(C)C. The molecular weight excluding hydrogens is 368 g/mol. The van der Waals surface area contributed by atoms with Gasteiger partial charge in [0.15, 0.2) is 11.8 Å². The molecule has 4 aromatic rings. The molecule has 0 unspecified atom stereocenters. The minimum absolute atomic E-state index is 0.0468. The van der Waals surface area contributed by atoms with Crippen molar-refractivity contribution >= 4 is 22.1 Å². The molecule has 0 aliphatic carbocycles. The van der Waals surface area contributed by atoms with Crippen LogP contribution in [0.25, 0.3) is 33.3 Å². The summed E-state index contributed by atoms with van der Waals surface area (Å²) < 4.78 is 32.5. The lowest BCUT2D eigenvalue weighted by Gasteiger charge is -2.19. The van der Waals surface area contributed by atoms with Crippen molar-refractivity contribution in [2.24, 2.45) is 12.5 Å². The zero-order valence-electron chi connectivity index (χ0n) is 22.1. The van der Waals surface area contributed by atoms with E-state index in [4.69, 9.17) is 13.5 Å². The van der Waals surface area contributed by atoms with Crippen LogP contribution in [-0.2, 0) is 13.5 Å². The number of nitrogens with zero attached hydrogens (tertiary/aromatic N) is 2. The number of rotatable bonds is 3. The summed E-state index contributed by atoms with van der Waals surface area (Å²) in [6, 6.07) is 10.4. The fourth-order valence-electron chi connectivity index (χ4n) is 4.13. The van der Waals surface area contributed by atoms with Gasteiger partial charge in [-0.15, -0.1) is 0 Å². The summed E-state index contributed by atoms with van der Waals surface area (Å²) in [6.45, 7) is 10.5. The average molecular weight is 405 g/mol. The monoisotopic (exact) mass is 404 g/mol. The van der Waals surface area contributed by atoms with Gasteiger partial charge in [-0.05, 0) is 54.8 Å². The van der Waals surface area contributed by atoms with Crippen molar-refractivity contribution in [3.63, 3.8) is 0 Å². The number of aromatic nitrogens is 2. The Balaban J connectivity index is 2.02. The van der Waals surface area contributed by atoms with E-state index in [0.717, 1.165) is 44.4 Å². The molecule has 156 valence electrons. The fourth-order valence-corrected chi connectivity index (χ4v) is 4.13. The Hall–Kier alpha value is -2.68. The Morgan fingerprint density at radius 3 is 2.50 bits per heavy atom. The second kappa shape index (κ2) is 7.23. The van der Waals surface area contributed by atoms with Gasteiger partial charge in [0.2, 0.25) is 11.4 Å². The standard InChI is InChI=1S/C27H33N2O/c1-16(2)22-12-11-21-20-10-9-17(3)24(25(20)30-26(21)28-22)23-13-19(14-27(5,6)7)18(4)15-29(23)8/h9-13,15-16H,14H2,1-8H3/q+1/i4D3. The van der Waals surface area contributed by atoms with Gasteiger partial charge < -0.3 is 4.42 Å². The summed E-state index contributed by atoms with van der Waals surface area (Å²) in [5.74, 6) is 0.314. The second-order valence-corrected chi connectivity index (χ2v) is 9.93. The number of hydrogen-bond acceptors (Lipinski definition) is 2. The Kier molecular flexibility index (Phi) is 4.11. The molecule has 0 atom stereocenters. The van der Waals surface area contributed by atoms with Crippen LogP contribution in [0.15, 0.2) is 40.9 Å². The van der Waals surface area contributed by atoms with E-state index in [1.807, 2.05) is 17.7 Å². The lowest BCUT2D eigenvalue weighted by Crippen LogP contribution is -2.32. The molecule has 0 aliphatic rings. The third kappa shape index (κ3) is 3.62. The molecule has 0 spiro atoms. The van der Waals surface area contributed by atoms with E-state index in [1.165, 1.54) is 0 Å². The molecule has 3 aromatic heterocycles. The molecular formula is C27H33N2O+. The first-order chi connectivity index (χ1) is 15.3. The first-order valence-corrected chi connectivity index (χ1v) is 10.6. The van der Waals surface area contributed by atoms with Gasteiger partial charge in [-0.1, -0.05) is 46.8 Å². The number of furan rings is 1. The highest BCUT2D eigenvalue weighted by Crippen LogP contribution is 2.37. The highest BCUT2D eigenvalue weighted by molar-refractivity contribution is 6.08. The molecule has 0 amide bonds. The van der Waals surface area contributed by atoms with Gasteiger partial charge in [0.1, 0.15) is 7.05 Å². The van der Waals surface area contributed by atoms with E-state index in [2.05, 4.69) is 65.8 Å². The van der Waals surface area contributed by atoms with Gasteiger partial charge in [0, 0.05) is 32.2 Å². The van der Waals surface area contributed by atoms with Gasteiger partial charge >= 0.3 is 0 Å². The lowest BCUT2D eigenvalue weighted by molar-refractivity contribution is -0.660. The third-order valence-electron chi connectivity index (χ3n) is 5.66. The molecule has 1 aromatic carbocycles. The minimum Gasteiger partial charge on any atom is -0.437 e. The van der Waals surface area contributed by atoms with Crippen LogP contribution in [0.4, 0.5) is 0 Å². The topological polar surface area (TPSA) is 29.9 Å². The van der Waals surface area contributed by atoms with Crippen LogP contribution in [0.5, 0.6) is 0 Å². The predicted molar refractivity (Wildman–Crippen MR) is 125 cm³/mol. The van der Waals surface area contributed by atoms with E-state index in [0.29, 0.717) is 23.6 Å². The van der Waals surface area contributed by atoms with Crippen LogP contribution in [-0.4, -0.2) is 4.98 Å². The third-order valence-corrected chi connectivity index (χ3v) is 5.66. The molecule has 3 nitrogen and oxygen atoms in total. The van der Waals surface area contributed by atoms with E-state index in [1.54, 1.807) is 6.20 Å². The van der Waals surface area contributed by atoms with Crippen molar-refractivity contribution in [2.45, 2.75) is 60.7 Å². The maximum Gasteiger partial charge on any atom is 0.227 e. The van der Waals surface area contributed by atoms with Crippen LogP contribution in [0.1, 0.15) is 67.0 Å². The molecule has 3 heterocycles. The average Bonchev–Trinajstić information content (AvgIpc) is 3.05. The summed E-state index contributed by atoms with van der Waals surface area (Å²) >= 11 is 0. The summed E-state index contributed by atoms with van der Waals surface area (Å²) in [5.41, 5.74) is 6.63. The van der Waals surface area contributed by atoms with Crippen molar-refractivity contribution in [3.05, 3.63) is 58.9 Å². The lowest BCUT2D eigenvalue weighted by atomic mass is 9.86. The molecule has 0 N–H and O–H groups in total.